The van der Waals surface area contributed by atoms with Crippen LogP contribution < -0.4 is 10.5 Å². The van der Waals surface area contributed by atoms with Gasteiger partial charge in [-0.15, -0.1) is 0 Å². The summed E-state index contributed by atoms with van der Waals surface area (Å²) in [5, 5.41) is 9.66. The molecule has 0 amide bonds. The minimum absolute atomic E-state index is 0.146. The summed E-state index contributed by atoms with van der Waals surface area (Å²) in [6.07, 6.45) is 0.709. The number of likely N-dealkylation sites (tertiary alicyclic amines) is 1. The van der Waals surface area contributed by atoms with E-state index in [0.717, 1.165) is 31.8 Å². The molecule has 1 heterocycles. The minimum Gasteiger partial charge on any atom is -0.490 e. The normalized spacial score (nSPS) is 25.0. The predicted octanol–water partition coefficient (Wildman–Crippen LogP) is 1.35. The van der Waals surface area contributed by atoms with Crippen molar-refractivity contribution in [2.45, 2.75) is 19.4 Å². The molecule has 1 aromatic carbocycles. The van der Waals surface area contributed by atoms with E-state index in [1.165, 1.54) is 0 Å². The average molecular weight is 250 g/mol. The molecule has 0 bridgehead atoms. The molecule has 1 aliphatic rings. The van der Waals surface area contributed by atoms with Gasteiger partial charge in [-0.3, -0.25) is 4.90 Å². The van der Waals surface area contributed by atoms with Crippen LogP contribution in [0.15, 0.2) is 24.3 Å². The Morgan fingerprint density at radius 3 is 2.94 bits per heavy atom. The molecule has 2 atom stereocenters. The van der Waals surface area contributed by atoms with E-state index in [9.17, 15) is 5.11 Å². The van der Waals surface area contributed by atoms with Crippen molar-refractivity contribution >= 4 is 5.69 Å². The number of aliphatic hydroxyl groups is 1. The summed E-state index contributed by atoms with van der Waals surface area (Å²) in [7, 11) is 0. The summed E-state index contributed by atoms with van der Waals surface area (Å²) in [5.41, 5.74) is 6.49. The topological polar surface area (TPSA) is 58.7 Å². The van der Waals surface area contributed by atoms with Crippen LogP contribution in [0.1, 0.15) is 13.3 Å². The quantitative estimate of drug-likeness (QED) is 0.792. The first-order chi connectivity index (χ1) is 8.66. The zero-order valence-electron chi connectivity index (χ0n) is 10.9. The van der Waals surface area contributed by atoms with Crippen LogP contribution in [-0.4, -0.2) is 42.4 Å². The Labute approximate surface area is 108 Å². The maximum absolute atomic E-state index is 9.66. The van der Waals surface area contributed by atoms with E-state index >= 15 is 0 Å². The first-order valence-electron chi connectivity index (χ1n) is 6.54. The highest BCUT2D eigenvalue weighted by molar-refractivity contribution is 5.51. The first kappa shape index (κ1) is 13.2. The highest BCUT2D eigenvalue weighted by atomic mass is 16.5. The molecule has 3 N–H and O–H groups in total. The van der Waals surface area contributed by atoms with Gasteiger partial charge in [0.2, 0.25) is 0 Å². The molecule has 1 saturated heterocycles. The highest BCUT2D eigenvalue weighted by Crippen LogP contribution is 2.20. The maximum Gasteiger partial charge on any atom is 0.142 e. The zero-order chi connectivity index (χ0) is 13.0. The Morgan fingerprint density at radius 1 is 1.44 bits per heavy atom. The summed E-state index contributed by atoms with van der Waals surface area (Å²) < 4.78 is 5.67. The van der Waals surface area contributed by atoms with Crippen LogP contribution in [0.3, 0.4) is 0 Å². The molecule has 4 heteroatoms. The van der Waals surface area contributed by atoms with Gasteiger partial charge in [0.25, 0.3) is 0 Å². The van der Waals surface area contributed by atoms with E-state index in [0.29, 0.717) is 18.2 Å². The number of benzene rings is 1. The molecule has 0 radical (unpaired) electrons. The van der Waals surface area contributed by atoms with E-state index < -0.39 is 0 Å². The maximum atomic E-state index is 9.66. The predicted molar refractivity (Wildman–Crippen MR) is 72.6 cm³/mol. The van der Waals surface area contributed by atoms with Crippen LogP contribution in [0, 0.1) is 5.92 Å². The van der Waals surface area contributed by atoms with Gasteiger partial charge in [0.1, 0.15) is 12.4 Å². The lowest BCUT2D eigenvalue weighted by molar-refractivity contribution is 0.0304. The van der Waals surface area contributed by atoms with Crippen molar-refractivity contribution < 1.29 is 9.84 Å². The molecule has 1 aliphatic heterocycles. The number of nitrogens with zero attached hydrogens (tertiary/aromatic N) is 1. The highest BCUT2D eigenvalue weighted by Gasteiger charge is 2.23. The molecule has 0 aliphatic carbocycles. The van der Waals surface area contributed by atoms with Crippen LogP contribution in [0.25, 0.3) is 0 Å². The lowest BCUT2D eigenvalue weighted by Gasteiger charge is -2.34. The van der Waals surface area contributed by atoms with Crippen molar-refractivity contribution in [3.05, 3.63) is 24.3 Å². The molecular weight excluding hydrogens is 228 g/mol. The van der Waals surface area contributed by atoms with Gasteiger partial charge in [-0.1, -0.05) is 19.1 Å². The molecule has 2 unspecified atom stereocenters. The van der Waals surface area contributed by atoms with Crippen LogP contribution in [-0.2, 0) is 0 Å². The van der Waals surface area contributed by atoms with E-state index in [1.807, 2.05) is 24.3 Å². The van der Waals surface area contributed by atoms with Gasteiger partial charge >= 0.3 is 0 Å². The fourth-order valence-electron chi connectivity index (χ4n) is 2.32. The largest absolute Gasteiger partial charge is 0.490 e. The number of hydrogen-bond acceptors (Lipinski definition) is 4. The molecular formula is C14H22N2O2. The third-order valence-corrected chi connectivity index (χ3v) is 3.53. The summed E-state index contributed by atoms with van der Waals surface area (Å²) in [5.74, 6) is 1.10. The van der Waals surface area contributed by atoms with Crippen LogP contribution in [0.5, 0.6) is 5.75 Å². The standard InChI is InChI=1S/C14H22N2O2/c1-11-10-16(7-6-13(11)17)8-9-18-14-5-3-2-4-12(14)15/h2-5,11,13,17H,6-10,15H2,1H3. The van der Waals surface area contributed by atoms with Gasteiger partial charge in [-0.25, -0.2) is 0 Å². The lowest BCUT2D eigenvalue weighted by atomic mass is 9.97. The Bertz CT molecular complexity index is 384. The average Bonchev–Trinajstić information content (AvgIpc) is 2.36. The molecule has 1 fully saturated rings. The number of piperidine rings is 1. The van der Waals surface area contributed by atoms with E-state index in [2.05, 4.69) is 11.8 Å². The Hall–Kier alpha value is -1.26. The summed E-state index contributed by atoms with van der Waals surface area (Å²) in [6.45, 7) is 5.49. The van der Waals surface area contributed by atoms with Crippen molar-refractivity contribution in [1.82, 2.24) is 4.90 Å². The van der Waals surface area contributed by atoms with Crippen molar-refractivity contribution in [2.75, 3.05) is 32.0 Å². The number of ether oxygens (including phenoxy) is 1. The van der Waals surface area contributed by atoms with Crippen molar-refractivity contribution in [2.24, 2.45) is 5.92 Å². The molecule has 100 valence electrons. The van der Waals surface area contributed by atoms with Crippen molar-refractivity contribution in [3.8, 4) is 5.75 Å². The molecule has 2 rings (SSSR count). The third-order valence-electron chi connectivity index (χ3n) is 3.53. The van der Waals surface area contributed by atoms with E-state index in [-0.39, 0.29) is 6.10 Å². The van der Waals surface area contributed by atoms with Gasteiger partial charge in [0.05, 0.1) is 11.8 Å². The van der Waals surface area contributed by atoms with Gasteiger partial charge in [0, 0.05) is 19.6 Å². The number of nitrogen functional groups attached to an aromatic ring is 1. The number of para-hydroxylation sites is 2. The zero-order valence-corrected chi connectivity index (χ0v) is 10.9. The van der Waals surface area contributed by atoms with Gasteiger partial charge < -0.3 is 15.6 Å². The van der Waals surface area contributed by atoms with E-state index in [1.54, 1.807) is 0 Å². The lowest BCUT2D eigenvalue weighted by Crippen LogP contribution is -2.43. The summed E-state index contributed by atoms with van der Waals surface area (Å²) in [6, 6.07) is 7.55. The minimum atomic E-state index is -0.146. The third kappa shape index (κ3) is 3.37. The second-order valence-corrected chi connectivity index (χ2v) is 5.02. The molecule has 0 saturated carbocycles. The van der Waals surface area contributed by atoms with Crippen LogP contribution >= 0.6 is 0 Å². The number of anilines is 1. The number of hydrogen-bond donors (Lipinski definition) is 2. The SMILES string of the molecule is CC1CN(CCOc2ccccc2N)CCC1O. The van der Waals surface area contributed by atoms with Crippen molar-refractivity contribution in [3.63, 3.8) is 0 Å². The number of rotatable bonds is 4. The second kappa shape index (κ2) is 6.07. The summed E-state index contributed by atoms with van der Waals surface area (Å²) in [4.78, 5) is 2.33. The Balaban J connectivity index is 1.74. The van der Waals surface area contributed by atoms with Gasteiger partial charge in [-0.05, 0) is 24.5 Å². The molecule has 0 aromatic heterocycles. The molecule has 1 aromatic rings. The fourth-order valence-corrected chi connectivity index (χ4v) is 2.32. The Morgan fingerprint density at radius 2 is 2.22 bits per heavy atom. The van der Waals surface area contributed by atoms with Crippen LogP contribution in [0.2, 0.25) is 0 Å². The Kier molecular flexibility index (Phi) is 4.44. The van der Waals surface area contributed by atoms with Gasteiger partial charge in [0.15, 0.2) is 0 Å². The molecule has 0 spiro atoms. The van der Waals surface area contributed by atoms with E-state index in [4.69, 9.17) is 10.5 Å². The molecule has 18 heavy (non-hydrogen) atoms. The first-order valence-corrected chi connectivity index (χ1v) is 6.54. The number of nitrogens with two attached hydrogens (primary N) is 1. The summed E-state index contributed by atoms with van der Waals surface area (Å²) >= 11 is 0. The van der Waals surface area contributed by atoms with Crippen LogP contribution in [0.4, 0.5) is 5.69 Å². The van der Waals surface area contributed by atoms with Gasteiger partial charge in [-0.2, -0.15) is 0 Å². The smallest absolute Gasteiger partial charge is 0.142 e. The fraction of sp³-hybridized carbons (Fsp3) is 0.571. The second-order valence-electron chi connectivity index (χ2n) is 5.02. The molecule has 4 nitrogen and oxygen atoms in total. The van der Waals surface area contributed by atoms with Crippen molar-refractivity contribution in [1.29, 1.82) is 0 Å². The number of aliphatic hydroxyl groups excluding tert-OH is 1. The monoisotopic (exact) mass is 250 g/mol.